The maximum atomic E-state index is 13.3. The van der Waals surface area contributed by atoms with Crippen molar-refractivity contribution in [2.45, 2.75) is 45.8 Å². The van der Waals surface area contributed by atoms with E-state index in [1.807, 2.05) is 79.3 Å². The van der Waals surface area contributed by atoms with E-state index in [0.29, 0.717) is 15.8 Å². The second-order valence-electron chi connectivity index (χ2n) is 9.28. The first kappa shape index (κ1) is 24.7. The van der Waals surface area contributed by atoms with E-state index < -0.39 is 0 Å². The zero-order valence-electron chi connectivity index (χ0n) is 20.6. The summed E-state index contributed by atoms with van der Waals surface area (Å²) in [7, 11) is 0. The number of carbonyl (C=O) groups excluding carboxylic acids is 1. The molecule has 0 bridgehead atoms. The molecule has 1 aromatic heterocycles. The summed E-state index contributed by atoms with van der Waals surface area (Å²) >= 11 is 6.90. The molecular formula is C28H29N3O3S2. The van der Waals surface area contributed by atoms with Gasteiger partial charge in [-0.2, -0.15) is 5.10 Å². The number of aryl methyl sites for hydroxylation is 1. The number of hydrogen-bond donors (Lipinski definition) is 0. The van der Waals surface area contributed by atoms with Gasteiger partial charge in [-0.25, -0.2) is 4.68 Å². The van der Waals surface area contributed by atoms with E-state index in [1.165, 1.54) is 11.8 Å². The first-order valence-electron chi connectivity index (χ1n) is 12.2. The van der Waals surface area contributed by atoms with E-state index in [1.54, 1.807) is 4.90 Å². The van der Waals surface area contributed by atoms with Gasteiger partial charge in [0.15, 0.2) is 0 Å². The van der Waals surface area contributed by atoms with Gasteiger partial charge in [-0.3, -0.25) is 9.69 Å². The molecule has 0 aliphatic carbocycles. The molecule has 2 fully saturated rings. The molecule has 2 aliphatic heterocycles. The van der Waals surface area contributed by atoms with Crippen LogP contribution in [0.2, 0.25) is 0 Å². The molecule has 5 rings (SSSR count). The number of thioether (sulfide) groups is 1. The van der Waals surface area contributed by atoms with Gasteiger partial charge in [0.1, 0.15) is 15.8 Å². The van der Waals surface area contributed by atoms with Crippen LogP contribution >= 0.6 is 24.0 Å². The molecule has 3 heterocycles. The first-order chi connectivity index (χ1) is 17.4. The molecule has 6 nitrogen and oxygen atoms in total. The maximum Gasteiger partial charge on any atom is 0.266 e. The highest BCUT2D eigenvalue weighted by Crippen LogP contribution is 2.36. The van der Waals surface area contributed by atoms with Crippen LogP contribution in [0.15, 0.2) is 59.6 Å². The number of benzene rings is 2. The predicted molar refractivity (Wildman–Crippen MR) is 148 cm³/mol. The first-order valence-corrected chi connectivity index (χ1v) is 13.4. The summed E-state index contributed by atoms with van der Waals surface area (Å²) in [5, 5.41) is 4.93. The van der Waals surface area contributed by atoms with Crippen LogP contribution in [0.5, 0.6) is 5.75 Å². The van der Waals surface area contributed by atoms with E-state index in [9.17, 15) is 4.79 Å². The molecule has 36 heavy (non-hydrogen) atoms. The molecule has 0 N–H and O–H groups in total. The number of ether oxygens (including phenoxy) is 2. The van der Waals surface area contributed by atoms with Gasteiger partial charge < -0.3 is 9.47 Å². The van der Waals surface area contributed by atoms with E-state index in [-0.39, 0.29) is 18.1 Å². The molecule has 2 aliphatic rings. The van der Waals surface area contributed by atoms with Crippen molar-refractivity contribution in [2.75, 3.05) is 13.2 Å². The topological polar surface area (TPSA) is 56.6 Å². The molecule has 3 aromatic rings. The smallest absolute Gasteiger partial charge is 0.266 e. The van der Waals surface area contributed by atoms with Crippen molar-refractivity contribution < 1.29 is 14.3 Å². The molecule has 1 atom stereocenters. The predicted octanol–water partition coefficient (Wildman–Crippen LogP) is 6.02. The molecule has 2 aromatic carbocycles. The number of hydrogen-bond acceptors (Lipinski definition) is 6. The lowest BCUT2D eigenvalue weighted by Gasteiger charge is -2.18. The Hall–Kier alpha value is -2.94. The number of rotatable bonds is 7. The van der Waals surface area contributed by atoms with Crippen LogP contribution in [-0.2, 0) is 9.53 Å². The Balaban J connectivity index is 1.52. The fourth-order valence-corrected chi connectivity index (χ4v) is 5.72. The van der Waals surface area contributed by atoms with Crippen LogP contribution < -0.4 is 4.74 Å². The van der Waals surface area contributed by atoms with Gasteiger partial charge in [0, 0.05) is 23.9 Å². The third-order valence-electron chi connectivity index (χ3n) is 6.16. The summed E-state index contributed by atoms with van der Waals surface area (Å²) in [6, 6.07) is 16.0. The highest BCUT2D eigenvalue weighted by Gasteiger charge is 2.35. The number of carbonyl (C=O) groups is 1. The van der Waals surface area contributed by atoms with Crippen molar-refractivity contribution in [2.24, 2.45) is 0 Å². The lowest BCUT2D eigenvalue weighted by atomic mass is 10.0. The lowest BCUT2D eigenvalue weighted by molar-refractivity contribution is -0.123. The van der Waals surface area contributed by atoms with Crippen LogP contribution in [0.1, 0.15) is 37.8 Å². The summed E-state index contributed by atoms with van der Waals surface area (Å²) in [5.41, 5.74) is 4.64. The van der Waals surface area contributed by atoms with Gasteiger partial charge >= 0.3 is 0 Å². The Labute approximate surface area is 221 Å². The molecule has 186 valence electrons. The molecule has 1 unspecified atom stereocenters. The van der Waals surface area contributed by atoms with E-state index in [4.69, 9.17) is 26.8 Å². The fraction of sp³-hybridized carbons (Fsp3) is 0.321. The van der Waals surface area contributed by atoms with Gasteiger partial charge in [-0.05, 0) is 75.6 Å². The highest BCUT2D eigenvalue weighted by molar-refractivity contribution is 8.26. The van der Waals surface area contributed by atoms with Crippen LogP contribution in [0.3, 0.4) is 0 Å². The Morgan fingerprint density at radius 1 is 1.25 bits per heavy atom. The number of thiocarbonyl (C=S) groups is 1. The third kappa shape index (κ3) is 5.26. The average molecular weight is 520 g/mol. The fourth-order valence-electron chi connectivity index (χ4n) is 4.45. The SMILES string of the molecule is Cc1cc(OC(C)C)ccc1-c1nn(-c2ccccc2)cc1C=C1SC(=S)N(CC2CCCO2)C1=O. The average Bonchev–Trinajstić information content (AvgIpc) is 3.57. The van der Waals surface area contributed by atoms with Crippen LogP contribution in [0.4, 0.5) is 0 Å². The second kappa shape index (κ2) is 10.6. The normalized spacial score (nSPS) is 19.2. The standard InChI is InChI=1S/C28H29N3O3S2/c1-18(2)34-22-11-12-24(19(3)14-22)26-20(16-31(29-26)21-8-5-4-6-9-21)15-25-27(32)30(28(35)36-25)17-23-10-7-13-33-23/h4-6,8-9,11-12,14-16,18,23H,7,10,13,17H2,1-3H3. The summed E-state index contributed by atoms with van der Waals surface area (Å²) < 4.78 is 14.0. The molecule has 2 saturated heterocycles. The van der Waals surface area contributed by atoms with Gasteiger partial charge in [0.2, 0.25) is 0 Å². The van der Waals surface area contributed by atoms with E-state index >= 15 is 0 Å². The Morgan fingerprint density at radius 3 is 2.75 bits per heavy atom. The zero-order chi connectivity index (χ0) is 25.2. The molecule has 1 amide bonds. The van der Waals surface area contributed by atoms with Crippen molar-refractivity contribution in [1.29, 1.82) is 0 Å². The van der Waals surface area contributed by atoms with Crippen molar-refractivity contribution in [3.05, 3.63) is 70.8 Å². The quantitative estimate of drug-likeness (QED) is 0.281. The summed E-state index contributed by atoms with van der Waals surface area (Å²) in [4.78, 5) is 15.6. The summed E-state index contributed by atoms with van der Waals surface area (Å²) in [6.07, 6.45) is 6.01. The summed E-state index contributed by atoms with van der Waals surface area (Å²) in [6.45, 7) is 7.33. The number of para-hydroxylation sites is 1. The Kier molecular flexibility index (Phi) is 7.27. The minimum atomic E-state index is -0.0729. The summed E-state index contributed by atoms with van der Waals surface area (Å²) in [5.74, 6) is 0.751. The van der Waals surface area contributed by atoms with Gasteiger partial charge in [-0.15, -0.1) is 0 Å². The minimum absolute atomic E-state index is 0.0532. The Morgan fingerprint density at radius 2 is 2.06 bits per heavy atom. The van der Waals surface area contributed by atoms with Gasteiger partial charge in [0.25, 0.3) is 5.91 Å². The minimum Gasteiger partial charge on any atom is -0.491 e. The largest absolute Gasteiger partial charge is 0.491 e. The zero-order valence-corrected chi connectivity index (χ0v) is 22.3. The Bertz CT molecular complexity index is 1310. The molecule has 8 heteroatoms. The second-order valence-corrected chi connectivity index (χ2v) is 11.0. The maximum absolute atomic E-state index is 13.3. The molecule has 0 radical (unpaired) electrons. The van der Waals surface area contributed by atoms with Gasteiger partial charge in [-0.1, -0.05) is 42.2 Å². The van der Waals surface area contributed by atoms with Crippen molar-refractivity contribution in [3.63, 3.8) is 0 Å². The monoisotopic (exact) mass is 519 g/mol. The van der Waals surface area contributed by atoms with Crippen molar-refractivity contribution in [3.8, 4) is 22.7 Å². The highest BCUT2D eigenvalue weighted by atomic mass is 32.2. The van der Waals surface area contributed by atoms with Crippen LogP contribution in [-0.4, -0.2) is 50.3 Å². The third-order valence-corrected chi connectivity index (χ3v) is 7.54. The van der Waals surface area contributed by atoms with E-state index in [2.05, 4.69) is 6.92 Å². The van der Waals surface area contributed by atoms with Crippen molar-refractivity contribution >= 4 is 40.3 Å². The van der Waals surface area contributed by atoms with Crippen LogP contribution in [0, 0.1) is 6.92 Å². The number of aromatic nitrogens is 2. The van der Waals surface area contributed by atoms with Gasteiger partial charge in [0.05, 0.1) is 29.3 Å². The van der Waals surface area contributed by atoms with Crippen molar-refractivity contribution in [1.82, 2.24) is 14.7 Å². The lowest BCUT2D eigenvalue weighted by Crippen LogP contribution is -2.35. The number of nitrogens with zero attached hydrogens (tertiary/aromatic N) is 3. The van der Waals surface area contributed by atoms with E-state index in [0.717, 1.165) is 53.3 Å². The van der Waals surface area contributed by atoms with Crippen LogP contribution in [0.25, 0.3) is 23.0 Å². The molecule has 0 saturated carbocycles. The molecular weight excluding hydrogens is 490 g/mol. The molecule has 0 spiro atoms. The number of amides is 1.